The van der Waals surface area contributed by atoms with Crippen molar-refractivity contribution in [1.29, 1.82) is 0 Å². The van der Waals surface area contributed by atoms with E-state index in [0.29, 0.717) is 10.0 Å². The average Bonchev–Trinajstić information content (AvgIpc) is 2.47. The smallest absolute Gasteiger partial charge is 0.0725 e. The first-order valence-electron chi connectivity index (χ1n) is 6.21. The molecule has 3 aromatic rings. The van der Waals surface area contributed by atoms with Crippen LogP contribution >= 0.6 is 23.2 Å². The predicted octanol–water partition coefficient (Wildman–Crippen LogP) is 5.71. The molecule has 1 heterocycles. The molecule has 0 atom stereocenters. The molecular weight excluding hydrogens is 289 g/mol. The third-order valence-corrected chi connectivity index (χ3v) is 3.72. The molecule has 0 saturated heterocycles. The van der Waals surface area contributed by atoms with Gasteiger partial charge in [-0.3, -0.25) is 0 Å². The molecule has 0 radical (unpaired) electrons. The van der Waals surface area contributed by atoms with Crippen LogP contribution < -0.4 is 0 Å². The van der Waals surface area contributed by atoms with Gasteiger partial charge in [-0.15, -0.1) is 0 Å². The summed E-state index contributed by atoms with van der Waals surface area (Å²) in [4.78, 5) is 4.56. The molecule has 0 N–H and O–H groups in total. The number of aromatic nitrogens is 1. The van der Waals surface area contributed by atoms with Gasteiger partial charge in [0.05, 0.1) is 21.3 Å². The van der Waals surface area contributed by atoms with Gasteiger partial charge in [-0.1, -0.05) is 65.7 Å². The monoisotopic (exact) mass is 299 g/mol. The van der Waals surface area contributed by atoms with Gasteiger partial charge in [0.2, 0.25) is 0 Å². The van der Waals surface area contributed by atoms with Crippen molar-refractivity contribution in [2.24, 2.45) is 0 Å². The Morgan fingerprint density at radius 1 is 0.800 bits per heavy atom. The first-order valence-corrected chi connectivity index (χ1v) is 6.97. The summed E-state index contributed by atoms with van der Waals surface area (Å²) in [6.45, 7) is 0. The fraction of sp³-hybridized carbons (Fsp3) is 0. The van der Waals surface area contributed by atoms with Gasteiger partial charge in [-0.2, -0.15) is 0 Å². The van der Waals surface area contributed by atoms with Crippen molar-refractivity contribution < 1.29 is 0 Å². The van der Waals surface area contributed by atoms with Crippen molar-refractivity contribution in [3.8, 4) is 0 Å². The summed E-state index contributed by atoms with van der Waals surface area (Å²) in [6, 6.07) is 17.7. The van der Waals surface area contributed by atoms with Gasteiger partial charge in [0.1, 0.15) is 0 Å². The molecule has 1 nitrogen and oxygen atoms in total. The highest BCUT2D eigenvalue weighted by Crippen LogP contribution is 2.27. The second kappa shape index (κ2) is 5.66. The number of hydrogen-bond donors (Lipinski definition) is 0. The lowest BCUT2D eigenvalue weighted by Gasteiger charge is -2.02. The van der Waals surface area contributed by atoms with Crippen LogP contribution in [-0.2, 0) is 0 Å². The van der Waals surface area contributed by atoms with Crippen LogP contribution in [0, 0.1) is 0 Å². The molecule has 3 rings (SSSR count). The molecule has 2 aromatic carbocycles. The summed E-state index contributed by atoms with van der Waals surface area (Å²) >= 11 is 12.0. The molecule has 0 fully saturated rings. The third kappa shape index (κ3) is 2.84. The molecule has 1 aromatic heterocycles. The Hall–Kier alpha value is -1.83. The number of nitrogens with zero attached hydrogens (tertiary/aromatic N) is 1. The van der Waals surface area contributed by atoms with E-state index in [1.165, 1.54) is 0 Å². The van der Waals surface area contributed by atoms with Gasteiger partial charge in [0.15, 0.2) is 0 Å². The van der Waals surface area contributed by atoms with Crippen LogP contribution in [0.4, 0.5) is 0 Å². The van der Waals surface area contributed by atoms with Crippen LogP contribution in [0.5, 0.6) is 0 Å². The minimum atomic E-state index is 0.524. The molecule has 3 heteroatoms. The quantitative estimate of drug-likeness (QED) is 0.590. The number of benzene rings is 2. The minimum absolute atomic E-state index is 0.524. The maximum atomic E-state index is 6.02. The molecule has 0 amide bonds. The van der Waals surface area contributed by atoms with Gasteiger partial charge in [0.25, 0.3) is 0 Å². The van der Waals surface area contributed by atoms with Crippen molar-refractivity contribution in [1.82, 2.24) is 4.98 Å². The highest BCUT2D eigenvalue weighted by atomic mass is 35.5. The van der Waals surface area contributed by atoms with Gasteiger partial charge in [-0.05, 0) is 29.8 Å². The van der Waals surface area contributed by atoms with Crippen LogP contribution in [0.15, 0.2) is 54.6 Å². The molecule has 0 aliphatic carbocycles. The highest BCUT2D eigenvalue weighted by molar-refractivity contribution is 6.42. The summed E-state index contributed by atoms with van der Waals surface area (Å²) < 4.78 is 0. The van der Waals surface area contributed by atoms with Crippen molar-refractivity contribution >= 4 is 46.3 Å². The molecule has 0 bridgehead atoms. The standard InChI is InChI=1S/C17H11Cl2N/c18-15-10-13-7-9-14(20-17(13)11-16(15)19)8-6-12-4-2-1-3-5-12/h1-11H. The molecule has 0 unspecified atom stereocenters. The molecular formula is C17H11Cl2N. The maximum absolute atomic E-state index is 6.02. The van der Waals surface area contributed by atoms with E-state index in [9.17, 15) is 0 Å². The van der Waals surface area contributed by atoms with E-state index in [0.717, 1.165) is 22.2 Å². The number of hydrogen-bond acceptors (Lipinski definition) is 1. The molecule has 0 saturated carbocycles. The summed E-state index contributed by atoms with van der Waals surface area (Å²) in [5.74, 6) is 0. The normalized spacial score (nSPS) is 11.3. The SMILES string of the molecule is Clc1cc2ccc(C=Cc3ccccc3)nc2cc1Cl. The van der Waals surface area contributed by atoms with Gasteiger partial charge in [-0.25, -0.2) is 4.98 Å². The number of fused-ring (bicyclic) bond motifs is 1. The molecule has 0 aliphatic rings. The van der Waals surface area contributed by atoms with E-state index < -0.39 is 0 Å². The lowest BCUT2D eigenvalue weighted by atomic mass is 10.1. The first-order chi connectivity index (χ1) is 9.72. The minimum Gasteiger partial charge on any atom is -0.248 e. The largest absolute Gasteiger partial charge is 0.248 e. The van der Waals surface area contributed by atoms with Gasteiger partial charge >= 0.3 is 0 Å². The Balaban J connectivity index is 1.97. The van der Waals surface area contributed by atoms with Crippen molar-refractivity contribution in [3.63, 3.8) is 0 Å². The van der Waals surface area contributed by atoms with Crippen LogP contribution in [0.1, 0.15) is 11.3 Å². The first kappa shape index (κ1) is 13.2. The summed E-state index contributed by atoms with van der Waals surface area (Å²) in [6.07, 6.45) is 4.02. The number of pyridine rings is 1. The van der Waals surface area contributed by atoms with E-state index in [-0.39, 0.29) is 0 Å². The Morgan fingerprint density at radius 3 is 2.35 bits per heavy atom. The zero-order valence-electron chi connectivity index (χ0n) is 10.6. The van der Waals surface area contributed by atoms with E-state index in [2.05, 4.69) is 4.98 Å². The van der Waals surface area contributed by atoms with E-state index in [1.807, 2.05) is 60.7 Å². The van der Waals surface area contributed by atoms with E-state index >= 15 is 0 Å². The van der Waals surface area contributed by atoms with E-state index in [4.69, 9.17) is 23.2 Å². The fourth-order valence-corrected chi connectivity index (χ4v) is 2.30. The van der Waals surface area contributed by atoms with Crippen molar-refractivity contribution in [2.75, 3.05) is 0 Å². The summed E-state index contributed by atoms with van der Waals surface area (Å²) in [5.41, 5.74) is 2.87. The number of rotatable bonds is 2. The topological polar surface area (TPSA) is 12.9 Å². The average molecular weight is 300 g/mol. The zero-order chi connectivity index (χ0) is 13.9. The Labute approximate surface area is 127 Å². The Bertz CT molecular complexity index is 780. The molecule has 98 valence electrons. The summed E-state index contributed by atoms with van der Waals surface area (Å²) in [7, 11) is 0. The number of halogens is 2. The lowest BCUT2D eigenvalue weighted by molar-refractivity contribution is 1.37. The second-order valence-corrected chi connectivity index (χ2v) is 5.25. The van der Waals surface area contributed by atoms with Crippen LogP contribution in [-0.4, -0.2) is 4.98 Å². The van der Waals surface area contributed by atoms with Crippen LogP contribution in [0.3, 0.4) is 0 Å². The second-order valence-electron chi connectivity index (χ2n) is 4.44. The van der Waals surface area contributed by atoms with Crippen LogP contribution in [0.25, 0.3) is 23.1 Å². The lowest BCUT2D eigenvalue weighted by Crippen LogP contribution is -1.84. The van der Waals surface area contributed by atoms with Gasteiger partial charge < -0.3 is 0 Å². The van der Waals surface area contributed by atoms with Crippen molar-refractivity contribution in [2.45, 2.75) is 0 Å². The van der Waals surface area contributed by atoms with Crippen LogP contribution in [0.2, 0.25) is 10.0 Å². The molecule has 0 aliphatic heterocycles. The Morgan fingerprint density at radius 2 is 1.55 bits per heavy atom. The molecule has 0 spiro atoms. The molecule has 20 heavy (non-hydrogen) atoms. The zero-order valence-corrected chi connectivity index (χ0v) is 12.1. The fourth-order valence-electron chi connectivity index (χ4n) is 1.97. The Kier molecular flexibility index (Phi) is 3.72. The third-order valence-electron chi connectivity index (χ3n) is 3.00. The predicted molar refractivity (Wildman–Crippen MR) is 87.1 cm³/mol. The maximum Gasteiger partial charge on any atom is 0.0725 e. The van der Waals surface area contributed by atoms with Gasteiger partial charge in [0, 0.05) is 5.39 Å². The van der Waals surface area contributed by atoms with Crippen molar-refractivity contribution in [3.05, 3.63) is 75.9 Å². The summed E-state index contributed by atoms with van der Waals surface area (Å²) in [5, 5.41) is 2.06. The highest BCUT2D eigenvalue weighted by Gasteiger charge is 2.02. The van der Waals surface area contributed by atoms with E-state index in [1.54, 1.807) is 6.07 Å².